The number of hydrogen-bond donors (Lipinski definition) is 3. The summed E-state index contributed by atoms with van der Waals surface area (Å²) in [7, 11) is 0. The maximum Gasteiger partial charge on any atom is 0.238 e. The fourth-order valence-corrected chi connectivity index (χ4v) is 2.21. The molecule has 1 saturated heterocycles. The molecule has 1 atom stereocenters. The van der Waals surface area contributed by atoms with E-state index in [2.05, 4.69) is 5.32 Å². The molecule has 1 heterocycles. The molecule has 1 amide bonds. The minimum absolute atomic E-state index is 0.201. The van der Waals surface area contributed by atoms with Gasteiger partial charge >= 0.3 is 0 Å². The van der Waals surface area contributed by atoms with Crippen molar-refractivity contribution in [2.24, 2.45) is 0 Å². The number of benzene rings is 1. The molecule has 0 aliphatic carbocycles. The van der Waals surface area contributed by atoms with Crippen molar-refractivity contribution in [3.8, 4) is 0 Å². The number of rotatable bonds is 3. The lowest BCUT2D eigenvalue weighted by Gasteiger charge is -2.29. The fraction of sp³-hybridized carbons (Fsp3) is 0.462. The molecule has 1 aliphatic rings. The first-order valence-corrected chi connectivity index (χ1v) is 6.30. The zero-order chi connectivity index (χ0) is 13.8. The maximum atomic E-state index is 12.9. The molecular weight excluding hydrogens is 249 g/mol. The Labute approximate surface area is 111 Å². The average molecular weight is 267 g/mol. The van der Waals surface area contributed by atoms with Gasteiger partial charge in [-0.05, 0) is 37.6 Å². The van der Waals surface area contributed by atoms with Crippen LogP contribution in [0.5, 0.6) is 0 Å². The number of anilines is 2. The SMILES string of the molecule is Nc1cc(F)ccc1NC(=O)CN1CCCC(O)C1. The van der Waals surface area contributed by atoms with Gasteiger partial charge in [0.15, 0.2) is 0 Å². The van der Waals surface area contributed by atoms with Crippen LogP contribution in [0.1, 0.15) is 12.8 Å². The van der Waals surface area contributed by atoms with Gasteiger partial charge in [-0.2, -0.15) is 0 Å². The molecule has 6 heteroatoms. The van der Waals surface area contributed by atoms with Crippen LogP contribution in [0.25, 0.3) is 0 Å². The van der Waals surface area contributed by atoms with Crippen LogP contribution in [-0.2, 0) is 4.79 Å². The Morgan fingerprint density at radius 1 is 1.58 bits per heavy atom. The number of aliphatic hydroxyl groups excluding tert-OH is 1. The van der Waals surface area contributed by atoms with E-state index < -0.39 is 5.82 Å². The molecular formula is C13H18FN3O2. The summed E-state index contributed by atoms with van der Waals surface area (Å²) in [5, 5.41) is 12.2. The highest BCUT2D eigenvalue weighted by molar-refractivity contribution is 5.95. The average Bonchev–Trinajstić information content (AvgIpc) is 2.33. The van der Waals surface area contributed by atoms with Crippen molar-refractivity contribution in [3.63, 3.8) is 0 Å². The van der Waals surface area contributed by atoms with E-state index in [0.717, 1.165) is 19.4 Å². The Morgan fingerprint density at radius 3 is 3.05 bits per heavy atom. The van der Waals surface area contributed by atoms with Gasteiger partial charge in [-0.15, -0.1) is 0 Å². The number of carbonyl (C=O) groups excluding carboxylic acids is 1. The number of β-amino-alcohol motifs (C(OH)–C–C–N with tert-alkyl or cyclic N) is 1. The summed E-state index contributed by atoms with van der Waals surface area (Å²) < 4.78 is 12.9. The lowest BCUT2D eigenvalue weighted by atomic mass is 10.1. The second-order valence-corrected chi connectivity index (χ2v) is 4.81. The second kappa shape index (κ2) is 5.99. The Morgan fingerprint density at radius 2 is 2.37 bits per heavy atom. The molecule has 0 saturated carbocycles. The molecule has 4 N–H and O–H groups in total. The first-order valence-electron chi connectivity index (χ1n) is 6.30. The van der Waals surface area contributed by atoms with E-state index in [-0.39, 0.29) is 24.2 Å². The van der Waals surface area contributed by atoms with Crippen molar-refractivity contribution < 1.29 is 14.3 Å². The molecule has 0 spiro atoms. The van der Waals surface area contributed by atoms with E-state index in [9.17, 15) is 14.3 Å². The number of hydrogen-bond acceptors (Lipinski definition) is 4. The summed E-state index contributed by atoms with van der Waals surface area (Å²) in [6.07, 6.45) is 1.30. The van der Waals surface area contributed by atoms with E-state index >= 15 is 0 Å². The normalized spacial score (nSPS) is 20.2. The van der Waals surface area contributed by atoms with Crippen LogP contribution in [0.3, 0.4) is 0 Å². The van der Waals surface area contributed by atoms with Crippen LogP contribution in [0.4, 0.5) is 15.8 Å². The summed E-state index contributed by atoms with van der Waals surface area (Å²) in [4.78, 5) is 13.7. The van der Waals surface area contributed by atoms with Gasteiger partial charge in [0.1, 0.15) is 5.82 Å². The summed E-state index contributed by atoms with van der Waals surface area (Å²) in [5.74, 6) is -0.651. The van der Waals surface area contributed by atoms with Crippen molar-refractivity contribution in [2.75, 3.05) is 30.7 Å². The third kappa shape index (κ3) is 3.90. The first-order chi connectivity index (χ1) is 9.04. The van der Waals surface area contributed by atoms with Gasteiger partial charge in [-0.25, -0.2) is 4.39 Å². The highest BCUT2D eigenvalue weighted by atomic mass is 19.1. The number of nitrogens with two attached hydrogens (primary N) is 1. The Bertz CT molecular complexity index is 467. The summed E-state index contributed by atoms with van der Waals surface area (Å²) in [5.41, 5.74) is 6.22. The third-order valence-electron chi connectivity index (χ3n) is 3.14. The van der Waals surface area contributed by atoms with Crippen LogP contribution in [0.15, 0.2) is 18.2 Å². The maximum absolute atomic E-state index is 12.9. The molecule has 0 aromatic heterocycles. The van der Waals surface area contributed by atoms with E-state index in [0.29, 0.717) is 12.2 Å². The molecule has 2 rings (SSSR count). The molecule has 1 aromatic rings. The minimum atomic E-state index is -0.436. The number of nitrogens with zero attached hydrogens (tertiary/aromatic N) is 1. The number of aliphatic hydroxyl groups is 1. The summed E-state index contributed by atoms with van der Waals surface area (Å²) >= 11 is 0. The lowest BCUT2D eigenvalue weighted by Crippen LogP contribution is -2.42. The topological polar surface area (TPSA) is 78.6 Å². The van der Waals surface area contributed by atoms with E-state index in [1.54, 1.807) is 0 Å². The Kier molecular flexibility index (Phi) is 4.34. The van der Waals surface area contributed by atoms with Crippen LogP contribution in [0.2, 0.25) is 0 Å². The van der Waals surface area contributed by atoms with Crippen LogP contribution < -0.4 is 11.1 Å². The van der Waals surface area contributed by atoms with Gasteiger partial charge in [-0.1, -0.05) is 0 Å². The molecule has 1 unspecified atom stereocenters. The number of nitrogens with one attached hydrogen (secondary N) is 1. The van der Waals surface area contributed by atoms with Gasteiger partial charge in [0.05, 0.1) is 24.0 Å². The fourth-order valence-electron chi connectivity index (χ4n) is 2.21. The van der Waals surface area contributed by atoms with E-state index in [1.807, 2.05) is 4.90 Å². The monoisotopic (exact) mass is 267 g/mol. The summed E-state index contributed by atoms with van der Waals surface area (Å²) in [6.45, 7) is 1.50. The largest absolute Gasteiger partial charge is 0.397 e. The van der Waals surface area contributed by atoms with Gasteiger partial charge in [-0.3, -0.25) is 9.69 Å². The van der Waals surface area contributed by atoms with Crippen molar-refractivity contribution in [3.05, 3.63) is 24.0 Å². The molecule has 104 valence electrons. The number of nitrogen functional groups attached to an aromatic ring is 1. The standard InChI is InChI=1S/C13H18FN3O2/c14-9-3-4-12(11(15)6-9)16-13(19)8-17-5-1-2-10(18)7-17/h3-4,6,10,18H,1-2,5,7-8,15H2,(H,16,19). The smallest absolute Gasteiger partial charge is 0.238 e. The van der Waals surface area contributed by atoms with Crippen molar-refractivity contribution in [2.45, 2.75) is 18.9 Å². The van der Waals surface area contributed by atoms with Gasteiger partial charge in [0.25, 0.3) is 0 Å². The van der Waals surface area contributed by atoms with Crippen molar-refractivity contribution in [1.82, 2.24) is 4.90 Å². The Balaban J connectivity index is 1.90. The Hall–Kier alpha value is -1.66. The molecule has 5 nitrogen and oxygen atoms in total. The first kappa shape index (κ1) is 13.8. The molecule has 0 radical (unpaired) electrons. The minimum Gasteiger partial charge on any atom is -0.397 e. The van der Waals surface area contributed by atoms with Gasteiger partial charge in [0, 0.05) is 6.54 Å². The van der Waals surface area contributed by atoms with Crippen LogP contribution >= 0.6 is 0 Å². The third-order valence-corrected chi connectivity index (χ3v) is 3.14. The van der Waals surface area contributed by atoms with Crippen LogP contribution in [0, 0.1) is 5.82 Å². The zero-order valence-electron chi connectivity index (χ0n) is 10.6. The predicted molar refractivity (Wildman–Crippen MR) is 71.1 cm³/mol. The number of halogens is 1. The number of carbonyl (C=O) groups is 1. The summed E-state index contributed by atoms with van der Waals surface area (Å²) in [6, 6.07) is 3.85. The van der Waals surface area contributed by atoms with Gasteiger partial charge in [0.2, 0.25) is 5.91 Å². The van der Waals surface area contributed by atoms with E-state index in [4.69, 9.17) is 5.73 Å². The number of amides is 1. The predicted octanol–water partition coefficient (Wildman–Crippen LogP) is 0.803. The highest BCUT2D eigenvalue weighted by Gasteiger charge is 2.19. The van der Waals surface area contributed by atoms with Crippen LogP contribution in [-0.4, -0.2) is 41.7 Å². The highest BCUT2D eigenvalue weighted by Crippen LogP contribution is 2.19. The number of likely N-dealkylation sites (tertiary alicyclic amines) is 1. The molecule has 1 fully saturated rings. The second-order valence-electron chi connectivity index (χ2n) is 4.81. The molecule has 0 bridgehead atoms. The molecule has 19 heavy (non-hydrogen) atoms. The molecule has 1 aromatic carbocycles. The van der Waals surface area contributed by atoms with E-state index in [1.165, 1.54) is 18.2 Å². The quantitative estimate of drug-likeness (QED) is 0.708. The molecule has 1 aliphatic heterocycles. The van der Waals surface area contributed by atoms with Gasteiger partial charge < -0.3 is 16.2 Å². The van der Waals surface area contributed by atoms with Crippen molar-refractivity contribution in [1.29, 1.82) is 0 Å². The zero-order valence-corrected chi connectivity index (χ0v) is 10.6. The number of piperidine rings is 1. The van der Waals surface area contributed by atoms with Crippen molar-refractivity contribution >= 4 is 17.3 Å². The lowest BCUT2D eigenvalue weighted by molar-refractivity contribution is -0.118.